The van der Waals surface area contributed by atoms with Gasteiger partial charge < -0.3 is 10.6 Å². The Bertz CT molecular complexity index is 566. The Morgan fingerprint density at radius 3 is 2.68 bits per heavy atom. The van der Waals surface area contributed by atoms with Crippen LogP contribution in [0.15, 0.2) is 30.5 Å². The van der Waals surface area contributed by atoms with Crippen molar-refractivity contribution in [1.82, 2.24) is 15.0 Å². The van der Waals surface area contributed by atoms with Gasteiger partial charge in [-0.25, -0.2) is 9.07 Å². The first kappa shape index (κ1) is 13.2. The van der Waals surface area contributed by atoms with Crippen molar-refractivity contribution in [3.8, 4) is 0 Å². The van der Waals surface area contributed by atoms with Crippen LogP contribution in [-0.2, 0) is 17.9 Å². The van der Waals surface area contributed by atoms with Gasteiger partial charge in [-0.1, -0.05) is 5.21 Å². The fraction of sp³-hybridized carbons (Fsp3) is 0.250. The Kier molecular flexibility index (Phi) is 3.86. The van der Waals surface area contributed by atoms with Crippen LogP contribution in [0.25, 0.3) is 0 Å². The topological polar surface area (TPSA) is 77.0 Å². The van der Waals surface area contributed by atoms with Gasteiger partial charge in [-0.05, 0) is 24.3 Å². The molecule has 1 amide bonds. The van der Waals surface area contributed by atoms with E-state index in [-0.39, 0.29) is 24.8 Å². The smallest absolute Gasteiger partial charge is 0.248 e. The second-order valence-corrected chi connectivity index (χ2v) is 4.04. The molecule has 1 aromatic carbocycles. The third-order valence-electron chi connectivity index (χ3n) is 2.68. The first-order chi connectivity index (χ1) is 9.10. The number of rotatable bonds is 4. The van der Waals surface area contributed by atoms with Crippen molar-refractivity contribution < 1.29 is 9.18 Å². The molecular weight excluding hydrogens is 249 g/mol. The van der Waals surface area contributed by atoms with Crippen molar-refractivity contribution in [1.29, 1.82) is 0 Å². The van der Waals surface area contributed by atoms with Crippen LogP contribution in [0.4, 0.5) is 10.1 Å². The molecule has 0 saturated heterocycles. The Morgan fingerprint density at radius 1 is 1.42 bits per heavy atom. The number of anilines is 1. The summed E-state index contributed by atoms with van der Waals surface area (Å²) >= 11 is 0. The zero-order chi connectivity index (χ0) is 13.8. The van der Waals surface area contributed by atoms with Gasteiger partial charge in [-0.3, -0.25) is 4.79 Å². The van der Waals surface area contributed by atoms with Crippen LogP contribution in [0.3, 0.4) is 0 Å². The number of hydrogen-bond donors (Lipinski definition) is 1. The van der Waals surface area contributed by atoms with E-state index < -0.39 is 0 Å². The Labute approximate surface area is 109 Å². The Hall–Kier alpha value is -2.28. The molecule has 1 aromatic heterocycles. The molecule has 0 aliphatic rings. The van der Waals surface area contributed by atoms with Crippen molar-refractivity contribution in [3.05, 3.63) is 42.0 Å². The highest BCUT2D eigenvalue weighted by Gasteiger charge is 2.12. The fourth-order valence-electron chi connectivity index (χ4n) is 1.56. The number of amides is 1. The van der Waals surface area contributed by atoms with Crippen molar-refractivity contribution in [2.24, 2.45) is 5.73 Å². The van der Waals surface area contributed by atoms with Gasteiger partial charge in [0.25, 0.3) is 0 Å². The van der Waals surface area contributed by atoms with Gasteiger partial charge in [0.15, 0.2) is 0 Å². The maximum absolute atomic E-state index is 12.8. The summed E-state index contributed by atoms with van der Waals surface area (Å²) < 4.78 is 14.2. The number of halogens is 1. The van der Waals surface area contributed by atoms with Crippen LogP contribution in [0.5, 0.6) is 0 Å². The van der Waals surface area contributed by atoms with Gasteiger partial charge in [0.1, 0.15) is 12.4 Å². The van der Waals surface area contributed by atoms with Crippen molar-refractivity contribution >= 4 is 11.6 Å². The second kappa shape index (κ2) is 5.57. The van der Waals surface area contributed by atoms with Crippen LogP contribution >= 0.6 is 0 Å². The van der Waals surface area contributed by atoms with Crippen molar-refractivity contribution in [3.63, 3.8) is 0 Å². The van der Waals surface area contributed by atoms with E-state index in [1.807, 2.05) is 0 Å². The fourth-order valence-corrected chi connectivity index (χ4v) is 1.56. The molecule has 0 unspecified atom stereocenters. The van der Waals surface area contributed by atoms with Gasteiger partial charge >= 0.3 is 0 Å². The summed E-state index contributed by atoms with van der Waals surface area (Å²) in [5.74, 6) is -0.520. The molecule has 0 radical (unpaired) electrons. The average Bonchev–Trinajstić information content (AvgIpc) is 2.86. The van der Waals surface area contributed by atoms with Crippen LogP contribution < -0.4 is 10.6 Å². The number of aromatic nitrogens is 3. The minimum absolute atomic E-state index is 0.0564. The predicted octanol–water partition coefficient (Wildman–Crippen LogP) is 0.539. The third-order valence-corrected chi connectivity index (χ3v) is 2.68. The first-order valence-electron chi connectivity index (χ1n) is 5.71. The van der Waals surface area contributed by atoms with Gasteiger partial charge in [-0.15, -0.1) is 5.10 Å². The molecule has 0 bridgehead atoms. The number of carbonyl (C=O) groups excluding carboxylic acids is 1. The molecule has 100 valence electrons. The van der Waals surface area contributed by atoms with Crippen LogP contribution in [0.2, 0.25) is 0 Å². The SMILES string of the molecule is CN(C(=O)Cn1cc(CN)nn1)c1ccc(F)cc1. The number of nitrogens with zero attached hydrogens (tertiary/aromatic N) is 4. The summed E-state index contributed by atoms with van der Waals surface area (Å²) in [5.41, 5.74) is 6.65. The zero-order valence-electron chi connectivity index (χ0n) is 10.5. The summed E-state index contributed by atoms with van der Waals surface area (Å²) in [5, 5.41) is 7.60. The van der Waals surface area contributed by atoms with Crippen molar-refractivity contribution in [2.45, 2.75) is 13.1 Å². The van der Waals surface area contributed by atoms with Crippen LogP contribution in [0.1, 0.15) is 5.69 Å². The lowest BCUT2D eigenvalue weighted by molar-refractivity contribution is -0.119. The monoisotopic (exact) mass is 263 g/mol. The molecule has 7 heteroatoms. The largest absolute Gasteiger partial charge is 0.325 e. The van der Waals surface area contributed by atoms with Gasteiger partial charge in [0, 0.05) is 19.3 Å². The Balaban J connectivity index is 2.04. The summed E-state index contributed by atoms with van der Waals surface area (Å²) in [4.78, 5) is 13.4. The molecule has 0 aliphatic carbocycles. The number of hydrogen-bond acceptors (Lipinski definition) is 4. The molecule has 1 heterocycles. The summed E-state index contributed by atoms with van der Waals surface area (Å²) in [7, 11) is 1.62. The quantitative estimate of drug-likeness (QED) is 0.873. The molecule has 0 saturated carbocycles. The lowest BCUT2D eigenvalue weighted by Crippen LogP contribution is -2.30. The first-order valence-corrected chi connectivity index (χ1v) is 5.71. The number of likely N-dealkylation sites (N-methyl/N-ethyl adjacent to an activating group) is 1. The summed E-state index contributed by atoms with van der Waals surface area (Å²) in [6.45, 7) is 0.336. The van der Waals surface area contributed by atoms with E-state index >= 15 is 0 Å². The Morgan fingerprint density at radius 2 is 2.11 bits per heavy atom. The van der Waals surface area contributed by atoms with E-state index in [0.717, 1.165) is 0 Å². The minimum atomic E-state index is -0.339. The summed E-state index contributed by atoms with van der Waals surface area (Å²) in [6, 6.07) is 5.70. The molecule has 2 aromatic rings. The number of carbonyl (C=O) groups is 1. The van der Waals surface area contributed by atoms with E-state index in [9.17, 15) is 9.18 Å². The standard InChI is InChI=1S/C12H14FN5O/c1-17(11-4-2-9(13)3-5-11)12(19)8-18-7-10(6-14)15-16-18/h2-5,7H,6,8,14H2,1H3. The highest BCUT2D eigenvalue weighted by atomic mass is 19.1. The maximum Gasteiger partial charge on any atom is 0.248 e. The lowest BCUT2D eigenvalue weighted by atomic mass is 10.3. The molecule has 0 spiro atoms. The van der Waals surface area contributed by atoms with E-state index in [1.165, 1.54) is 21.7 Å². The maximum atomic E-state index is 12.8. The lowest BCUT2D eigenvalue weighted by Gasteiger charge is -2.16. The minimum Gasteiger partial charge on any atom is -0.325 e. The molecule has 0 aliphatic heterocycles. The number of nitrogens with two attached hydrogens (primary N) is 1. The van der Waals surface area contributed by atoms with Gasteiger partial charge in [-0.2, -0.15) is 0 Å². The van der Waals surface area contributed by atoms with E-state index in [1.54, 1.807) is 25.4 Å². The van der Waals surface area contributed by atoms with Gasteiger partial charge in [0.2, 0.25) is 5.91 Å². The van der Waals surface area contributed by atoms with E-state index in [2.05, 4.69) is 10.3 Å². The predicted molar refractivity (Wildman–Crippen MR) is 67.7 cm³/mol. The molecular formula is C12H14FN5O. The molecule has 6 nitrogen and oxygen atoms in total. The van der Waals surface area contributed by atoms with Crippen LogP contribution in [-0.4, -0.2) is 27.9 Å². The highest BCUT2D eigenvalue weighted by Crippen LogP contribution is 2.13. The number of benzene rings is 1. The third kappa shape index (κ3) is 3.14. The molecule has 2 N–H and O–H groups in total. The van der Waals surface area contributed by atoms with E-state index in [0.29, 0.717) is 11.4 Å². The molecule has 19 heavy (non-hydrogen) atoms. The summed E-state index contributed by atoms with van der Waals surface area (Å²) in [6.07, 6.45) is 1.62. The van der Waals surface area contributed by atoms with Gasteiger partial charge in [0.05, 0.1) is 11.9 Å². The molecule has 0 fully saturated rings. The normalized spacial score (nSPS) is 10.5. The molecule has 2 rings (SSSR count). The van der Waals surface area contributed by atoms with E-state index in [4.69, 9.17) is 5.73 Å². The highest BCUT2D eigenvalue weighted by molar-refractivity contribution is 5.92. The molecule has 0 atom stereocenters. The second-order valence-electron chi connectivity index (χ2n) is 4.04. The zero-order valence-corrected chi connectivity index (χ0v) is 10.5. The van der Waals surface area contributed by atoms with Crippen molar-refractivity contribution in [2.75, 3.05) is 11.9 Å². The van der Waals surface area contributed by atoms with Crippen LogP contribution in [0, 0.1) is 5.82 Å². The average molecular weight is 263 g/mol.